The van der Waals surface area contributed by atoms with Crippen LogP contribution in [0.3, 0.4) is 0 Å². The second-order valence-electron chi connectivity index (χ2n) is 8.69. The van der Waals surface area contributed by atoms with E-state index in [0.717, 1.165) is 17.5 Å². The molecule has 2 aliphatic rings. The number of nitrogens with one attached hydrogen (secondary N) is 1. The van der Waals surface area contributed by atoms with Crippen LogP contribution in [0.1, 0.15) is 37.3 Å². The van der Waals surface area contributed by atoms with Gasteiger partial charge in [0.25, 0.3) is 5.91 Å². The number of nitrogens with zero attached hydrogens (tertiary/aromatic N) is 2. The van der Waals surface area contributed by atoms with Crippen LogP contribution < -0.4 is 5.32 Å². The molecule has 2 aliphatic heterocycles. The summed E-state index contributed by atoms with van der Waals surface area (Å²) in [4.78, 5) is 16.6. The van der Waals surface area contributed by atoms with E-state index in [0.29, 0.717) is 31.6 Å². The number of rotatable bonds is 5. The number of benzene rings is 1. The number of aromatic nitrogens is 1. The Balaban J connectivity index is 1.37. The molecule has 1 amide bonds. The predicted molar refractivity (Wildman–Crippen MR) is 119 cm³/mol. The zero-order valence-corrected chi connectivity index (χ0v) is 18.8. The fourth-order valence-electron chi connectivity index (χ4n) is 4.53. The molecule has 0 aliphatic carbocycles. The quantitative estimate of drug-likeness (QED) is 0.767. The van der Waals surface area contributed by atoms with Crippen LogP contribution in [-0.2, 0) is 25.3 Å². The van der Waals surface area contributed by atoms with Crippen LogP contribution >= 0.6 is 0 Å². The van der Waals surface area contributed by atoms with Gasteiger partial charge in [-0.05, 0) is 49.8 Å². The monoisotopic (exact) mass is 443 g/mol. The first-order valence-corrected chi connectivity index (χ1v) is 12.3. The van der Waals surface area contributed by atoms with Crippen LogP contribution in [0, 0.1) is 12.8 Å². The molecule has 31 heavy (non-hydrogen) atoms. The van der Waals surface area contributed by atoms with E-state index in [-0.39, 0.29) is 17.6 Å². The molecule has 2 saturated heterocycles. The van der Waals surface area contributed by atoms with E-state index >= 15 is 0 Å². The number of hydrogen-bond donors (Lipinski definition) is 1. The number of anilines is 1. The molecule has 1 spiro atoms. The SMILES string of the molecule is Cc1ccc(CS(=O)(=O)N2CC[C@]3(CC[C@@H](C(=O)Nc4cccnc4)O3)[C@@H](C)C2)cc1. The molecule has 8 heteroatoms. The summed E-state index contributed by atoms with van der Waals surface area (Å²) in [6.07, 6.45) is 4.70. The maximum atomic E-state index is 13.0. The number of sulfonamides is 1. The van der Waals surface area contributed by atoms with E-state index in [2.05, 4.69) is 10.3 Å². The summed E-state index contributed by atoms with van der Waals surface area (Å²) in [5.74, 6) is -0.166. The summed E-state index contributed by atoms with van der Waals surface area (Å²) in [7, 11) is -3.41. The van der Waals surface area contributed by atoms with Crippen LogP contribution in [0.4, 0.5) is 5.69 Å². The molecule has 3 heterocycles. The van der Waals surface area contributed by atoms with Gasteiger partial charge in [0.05, 0.1) is 23.2 Å². The Kier molecular flexibility index (Phi) is 6.14. The van der Waals surface area contributed by atoms with Crippen molar-refractivity contribution in [3.8, 4) is 0 Å². The highest BCUT2D eigenvalue weighted by Gasteiger charge is 2.50. The van der Waals surface area contributed by atoms with Crippen LogP contribution in [-0.4, -0.2) is 48.4 Å². The third-order valence-corrected chi connectivity index (χ3v) is 8.27. The highest BCUT2D eigenvalue weighted by Crippen LogP contribution is 2.43. The molecule has 1 aromatic carbocycles. The molecule has 0 saturated carbocycles. The van der Waals surface area contributed by atoms with Gasteiger partial charge in [0.2, 0.25) is 10.0 Å². The highest BCUT2D eigenvalue weighted by atomic mass is 32.2. The normalized spacial score (nSPS) is 26.8. The van der Waals surface area contributed by atoms with Gasteiger partial charge in [0.15, 0.2) is 0 Å². The Morgan fingerprint density at radius 2 is 2.03 bits per heavy atom. The van der Waals surface area contributed by atoms with Gasteiger partial charge in [-0.3, -0.25) is 9.78 Å². The van der Waals surface area contributed by atoms with Gasteiger partial charge < -0.3 is 10.1 Å². The molecule has 1 aromatic heterocycles. The minimum absolute atomic E-state index is 0.00397. The van der Waals surface area contributed by atoms with Crippen LogP contribution in [0.2, 0.25) is 0 Å². The number of aryl methyl sites for hydroxylation is 1. The molecule has 2 fully saturated rings. The van der Waals surface area contributed by atoms with Crippen molar-refractivity contribution in [3.63, 3.8) is 0 Å². The zero-order chi connectivity index (χ0) is 22.1. The van der Waals surface area contributed by atoms with Gasteiger partial charge >= 0.3 is 0 Å². The first-order valence-electron chi connectivity index (χ1n) is 10.7. The second-order valence-corrected chi connectivity index (χ2v) is 10.7. The minimum Gasteiger partial charge on any atom is -0.362 e. The van der Waals surface area contributed by atoms with E-state index < -0.39 is 21.7 Å². The number of piperidine rings is 1. The molecule has 3 atom stereocenters. The molecule has 7 nitrogen and oxygen atoms in total. The fourth-order valence-corrected chi connectivity index (χ4v) is 6.15. The predicted octanol–water partition coefficient (Wildman–Crippen LogP) is 3.12. The van der Waals surface area contributed by atoms with E-state index in [1.165, 1.54) is 0 Å². The first-order chi connectivity index (χ1) is 14.8. The summed E-state index contributed by atoms with van der Waals surface area (Å²) < 4.78 is 33.8. The Bertz CT molecular complexity index is 1030. The van der Waals surface area contributed by atoms with Crippen molar-refractivity contribution in [2.24, 2.45) is 5.92 Å². The van der Waals surface area contributed by atoms with Gasteiger partial charge in [0.1, 0.15) is 6.10 Å². The molecular weight excluding hydrogens is 414 g/mol. The van der Waals surface area contributed by atoms with Gasteiger partial charge in [-0.2, -0.15) is 0 Å². The number of carbonyl (C=O) groups excluding carboxylic acids is 1. The molecule has 1 N–H and O–H groups in total. The second kappa shape index (κ2) is 8.68. The van der Waals surface area contributed by atoms with Crippen molar-refractivity contribution < 1.29 is 17.9 Å². The standard InChI is InChI=1S/C23H29N3O4S/c1-17-5-7-19(8-6-17)16-31(28,29)26-13-11-23(18(2)15-26)10-9-21(30-23)22(27)25-20-4-3-12-24-14-20/h3-8,12,14,18,21H,9-11,13,15-16H2,1-2H3,(H,25,27)/t18-,21-,23+/m0/s1. The van der Waals surface area contributed by atoms with E-state index in [1.807, 2.05) is 38.1 Å². The molecule has 0 radical (unpaired) electrons. The van der Waals surface area contributed by atoms with E-state index in [4.69, 9.17) is 4.74 Å². The lowest BCUT2D eigenvalue weighted by Crippen LogP contribution is -2.53. The van der Waals surface area contributed by atoms with Crippen LogP contribution in [0.15, 0.2) is 48.8 Å². The Hall–Kier alpha value is -2.29. The average molecular weight is 444 g/mol. The molecule has 166 valence electrons. The highest BCUT2D eigenvalue weighted by molar-refractivity contribution is 7.88. The number of hydrogen-bond acceptors (Lipinski definition) is 5. The number of ether oxygens (including phenoxy) is 1. The first kappa shape index (κ1) is 21.9. The van der Waals surface area contributed by atoms with E-state index in [9.17, 15) is 13.2 Å². The topological polar surface area (TPSA) is 88.6 Å². The smallest absolute Gasteiger partial charge is 0.253 e. The molecule has 0 bridgehead atoms. The van der Waals surface area contributed by atoms with Gasteiger partial charge in [-0.25, -0.2) is 12.7 Å². The lowest BCUT2D eigenvalue weighted by Gasteiger charge is -2.43. The van der Waals surface area contributed by atoms with Crippen molar-refractivity contribution in [1.29, 1.82) is 0 Å². The summed E-state index contributed by atoms with van der Waals surface area (Å²) in [6.45, 7) is 4.82. The lowest BCUT2D eigenvalue weighted by atomic mass is 9.81. The average Bonchev–Trinajstić information content (AvgIpc) is 3.18. The zero-order valence-electron chi connectivity index (χ0n) is 18.0. The Morgan fingerprint density at radius 1 is 1.26 bits per heavy atom. The molecule has 0 unspecified atom stereocenters. The lowest BCUT2D eigenvalue weighted by molar-refractivity contribution is -0.140. The number of carbonyl (C=O) groups is 1. The van der Waals surface area contributed by atoms with Gasteiger partial charge in [0, 0.05) is 19.3 Å². The van der Waals surface area contributed by atoms with Gasteiger partial charge in [-0.1, -0.05) is 36.8 Å². The largest absolute Gasteiger partial charge is 0.362 e. The van der Waals surface area contributed by atoms with Crippen LogP contribution in [0.5, 0.6) is 0 Å². The summed E-state index contributed by atoms with van der Waals surface area (Å²) in [6, 6.07) is 11.2. The van der Waals surface area contributed by atoms with Crippen molar-refractivity contribution in [2.75, 3.05) is 18.4 Å². The van der Waals surface area contributed by atoms with E-state index in [1.54, 1.807) is 28.8 Å². The number of amides is 1. The summed E-state index contributed by atoms with van der Waals surface area (Å²) in [5, 5.41) is 2.85. The summed E-state index contributed by atoms with van der Waals surface area (Å²) >= 11 is 0. The molecule has 2 aromatic rings. The maximum absolute atomic E-state index is 13.0. The minimum atomic E-state index is -3.41. The number of pyridine rings is 1. The van der Waals surface area contributed by atoms with Gasteiger partial charge in [-0.15, -0.1) is 0 Å². The third-order valence-electron chi connectivity index (χ3n) is 6.45. The molecule has 4 rings (SSSR count). The fraction of sp³-hybridized carbons (Fsp3) is 0.478. The van der Waals surface area contributed by atoms with Crippen molar-refractivity contribution in [2.45, 2.75) is 50.6 Å². The van der Waals surface area contributed by atoms with Crippen LogP contribution in [0.25, 0.3) is 0 Å². The van der Waals surface area contributed by atoms with Crippen molar-refractivity contribution in [3.05, 3.63) is 59.9 Å². The third kappa shape index (κ3) is 4.81. The van der Waals surface area contributed by atoms with Crippen molar-refractivity contribution in [1.82, 2.24) is 9.29 Å². The summed E-state index contributed by atoms with van der Waals surface area (Å²) in [5.41, 5.74) is 2.09. The Morgan fingerprint density at radius 3 is 2.71 bits per heavy atom. The van der Waals surface area contributed by atoms with Crippen molar-refractivity contribution >= 4 is 21.6 Å². The molecular formula is C23H29N3O4S. The maximum Gasteiger partial charge on any atom is 0.253 e. The Labute approximate surface area is 183 Å².